The number of aliphatic hydroxyl groups excluding tert-OH is 1. The number of rotatable bonds is 5. The van der Waals surface area contributed by atoms with Gasteiger partial charge in [-0.3, -0.25) is 0 Å². The predicted molar refractivity (Wildman–Crippen MR) is 87.7 cm³/mol. The minimum absolute atomic E-state index is 0.0763. The summed E-state index contributed by atoms with van der Waals surface area (Å²) < 4.78 is 29.6. The van der Waals surface area contributed by atoms with Crippen molar-refractivity contribution in [1.29, 1.82) is 0 Å². The van der Waals surface area contributed by atoms with E-state index in [2.05, 4.69) is 5.32 Å². The van der Waals surface area contributed by atoms with Gasteiger partial charge in [-0.15, -0.1) is 0 Å². The Labute approximate surface area is 140 Å². The lowest BCUT2D eigenvalue weighted by Gasteiger charge is -2.34. The zero-order valence-electron chi connectivity index (χ0n) is 14.0. The van der Waals surface area contributed by atoms with Crippen LogP contribution in [0.15, 0.2) is 18.2 Å². The molecule has 2 atom stereocenters. The third kappa shape index (κ3) is 5.06. The quantitative estimate of drug-likeness (QED) is 0.863. The highest BCUT2D eigenvalue weighted by atomic mass is 19.3. The topological polar surface area (TPSA) is 61.8 Å². The first kappa shape index (κ1) is 18.4. The van der Waals surface area contributed by atoms with E-state index in [-0.39, 0.29) is 11.9 Å². The SMILES string of the molecule is Cc1ccc(NC(=O)N2CCCC(C(C)O)C2)cc1OCC(F)F. The van der Waals surface area contributed by atoms with E-state index in [1.54, 1.807) is 36.9 Å². The van der Waals surface area contributed by atoms with E-state index in [1.807, 2.05) is 0 Å². The molecule has 2 unspecified atom stereocenters. The van der Waals surface area contributed by atoms with Crippen molar-refractivity contribution in [2.75, 3.05) is 25.0 Å². The minimum Gasteiger partial charge on any atom is -0.487 e. The van der Waals surface area contributed by atoms with Crippen LogP contribution in [-0.4, -0.2) is 48.3 Å². The molecule has 1 aromatic carbocycles. The number of likely N-dealkylation sites (tertiary alicyclic amines) is 1. The van der Waals surface area contributed by atoms with Crippen LogP contribution in [0, 0.1) is 12.8 Å². The summed E-state index contributed by atoms with van der Waals surface area (Å²) in [4.78, 5) is 14.0. The maximum atomic E-state index is 12.4. The Morgan fingerprint density at radius 3 is 2.92 bits per heavy atom. The number of carbonyl (C=O) groups is 1. The van der Waals surface area contributed by atoms with Gasteiger partial charge in [-0.25, -0.2) is 13.6 Å². The number of piperidine rings is 1. The van der Waals surface area contributed by atoms with Crippen molar-refractivity contribution in [2.45, 2.75) is 39.2 Å². The van der Waals surface area contributed by atoms with Crippen LogP contribution >= 0.6 is 0 Å². The van der Waals surface area contributed by atoms with Gasteiger partial charge >= 0.3 is 6.03 Å². The average Bonchev–Trinajstić information content (AvgIpc) is 2.55. The van der Waals surface area contributed by atoms with Gasteiger partial charge in [0.15, 0.2) is 0 Å². The van der Waals surface area contributed by atoms with Crippen LogP contribution in [0.4, 0.5) is 19.3 Å². The molecule has 1 fully saturated rings. The molecule has 0 bridgehead atoms. The molecule has 1 aliphatic heterocycles. The van der Waals surface area contributed by atoms with Gasteiger partial charge in [-0.1, -0.05) is 6.07 Å². The number of ether oxygens (including phenoxy) is 1. The molecule has 2 N–H and O–H groups in total. The molecule has 0 aliphatic carbocycles. The molecule has 134 valence electrons. The van der Waals surface area contributed by atoms with Gasteiger partial charge < -0.3 is 20.1 Å². The third-order valence-electron chi connectivity index (χ3n) is 4.23. The highest BCUT2D eigenvalue weighted by Crippen LogP contribution is 2.25. The first-order chi connectivity index (χ1) is 11.4. The molecule has 7 heteroatoms. The van der Waals surface area contributed by atoms with Crippen LogP contribution in [0.1, 0.15) is 25.3 Å². The Kier molecular flexibility index (Phi) is 6.36. The number of nitrogens with zero attached hydrogens (tertiary/aromatic N) is 1. The van der Waals surface area contributed by atoms with E-state index in [9.17, 15) is 18.7 Å². The maximum Gasteiger partial charge on any atom is 0.321 e. The van der Waals surface area contributed by atoms with Gasteiger partial charge in [0.25, 0.3) is 6.43 Å². The number of aryl methyl sites for hydroxylation is 1. The number of aliphatic hydroxyl groups is 1. The summed E-state index contributed by atoms with van der Waals surface area (Å²) in [5, 5.41) is 12.5. The molecule has 0 aromatic heterocycles. The molecule has 0 radical (unpaired) electrons. The summed E-state index contributed by atoms with van der Waals surface area (Å²) in [7, 11) is 0. The van der Waals surface area contributed by atoms with Crippen LogP contribution in [0.3, 0.4) is 0 Å². The first-order valence-corrected chi connectivity index (χ1v) is 8.12. The summed E-state index contributed by atoms with van der Waals surface area (Å²) in [5.41, 5.74) is 1.22. The molecule has 1 aliphatic rings. The fourth-order valence-corrected chi connectivity index (χ4v) is 2.78. The van der Waals surface area contributed by atoms with Crippen molar-refractivity contribution in [3.8, 4) is 5.75 Å². The number of carbonyl (C=O) groups excluding carboxylic acids is 1. The molecule has 0 spiro atoms. The molecule has 24 heavy (non-hydrogen) atoms. The monoisotopic (exact) mass is 342 g/mol. The van der Waals surface area contributed by atoms with Crippen molar-refractivity contribution < 1.29 is 23.4 Å². The van der Waals surface area contributed by atoms with Gasteiger partial charge in [0.1, 0.15) is 12.4 Å². The molecule has 2 amide bonds. The van der Waals surface area contributed by atoms with Crippen molar-refractivity contribution in [1.82, 2.24) is 4.90 Å². The molecule has 1 heterocycles. The lowest BCUT2D eigenvalue weighted by atomic mass is 9.94. The number of amides is 2. The smallest absolute Gasteiger partial charge is 0.321 e. The lowest BCUT2D eigenvalue weighted by Crippen LogP contribution is -2.44. The van der Waals surface area contributed by atoms with Crippen LogP contribution in [0.2, 0.25) is 0 Å². The molecular formula is C17H24F2N2O3. The van der Waals surface area contributed by atoms with Crippen LogP contribution in [-0.2, 0) is 0 Å². The first-order valence-electron chi connectivity index (χ1n) is 8.12. The highest BCUT2D eigenvalue weighted by molar-refractivity contribution is 5.89. The molecule has 2 rings (SSSR count). The molecule has 1 saturated heterocycles. The zero-order chi connectivity index (χ0) is 17.7. The largest absolute Gasteiger partial charge is 0.487 e. The van der Waals surface area contributed by atoms with E-state index in [4.69, 9.17) is 4.74 Å². The van der Waals surface area contributed by atoms with Crippen molar-refractivity contribution in [2.24, 2.45) is 5.92 Å². The Balaban J connectivity index is 1.99. The van der Waals surface area contributed by atoms with E-state index < -0.39 is 19.1 Å². The molecule has 0 saturated carbocycles. The maximum absolute atomic E-state index is 12.4. The van der Waals surface area contributed by atoms with Gasteiger partial charge in [-0.2, -0.15) is 0 Å². The number of benzene rings is 1. The number of hydrogen-bond donors (Lipinski definition) is 2. The van der Waals surface area contributed by atoms with Crippen LogP contribution in [0.5, 0.6) is 5.75 Å². The number of hydrogen-bond acceptors (Lipinski definition) is 3. The summed E-state index contributed by atoms with van der Waals surface area (Å²) >= 11 is 0. The second-order valence-electron chi connectivity index (χ2n) is 6.20. The normalized spacial score (nSPS) is 19.2. The molecular weight excluding hydrogens is 318 g/mol. The fourth-order valence-electron chi connectivity index (χ4n) is 2.78. The van der Waals surface area contributed by atoms with Crippen LogP contribution in [0.25, 0.3) is 0 Å². The fraction of sp³-hybridized carbons (Fsp3) is 0.588. The van der Waals surface area contributed by atoms with E-state index in [1.165, 1.54) is 0 Å². The van der Waals surface area contributed by atoms with Gasteiger partial charge in [-0.05, 0) is 38.3 Å². The molecule has 5 nitrogen and oxygen atoms in total. The number of halogens is 2. The lowest BCUT2D eigenvalue weighted by molar-refractivity contribution is 0.0765. The zero-order valence-corrected chi connectivity index (χ0v) is 14.0. The number of urea groups is 1. The minimum atomic E-state index is -2.55. The summed E-state index contributed by atoms with van der Waals surface area (Å²) in [5.74, 6) is 0.404. The van der Waals surface area contributed by atoms with E-state index >= 15 is 0 Å². The van der Waals surface area contributed by atoms with E-state index in [0.717, 1.165) is 18.4 Å². The summed E-state index contributed by atoms with van der Waals surface area (Å²) in [6, 6.07) is 4.71. The summed E-state index contributed by atoms with van der Waals surface area (Å²) in [6.45, 7) is 3.95. The van der Waals surface area contributed by atoms with Crippen molar-refractivity contribution >= 4 is 11.7 Å². The third-order valence-corrected chi connectivity index (χ3v) is 4.23. The Morgan fingerprint density at radius 2 is 2.25 bits per heavy atom. The summed E-state index contributed by atoms with van der Waals surface area (Å²) in [6.07, 6.45) is -1.25. The number of anilines is 1. The molecule has 1 aromatic rings. The highest BCUT2D eigenvalue weighted by Gasteiger charge is 2.26. The second-order valence-corrected chi connectivity index (χ2v) is 6.20. The Hall–Kier alpha value is -1.89. The van der Waals surface area contributed by atoms with Gasteiger partial charge in [0.05, 0.1) is 6.10 Å². The van der Waals surface area contributed by atoms with Crippen LogP contribution < -0.4 is 10.1 Å². The van der Waals surface area contributed by atoms with Crippen molar-refractivity contribution in [3.05, 3.63) is 23.8 Å². The Morgan fingerprint density at radius 1 is 1.50 bits per heavy atom. The number of nitrogens with one attached hydrogen (secondary N) is 1. The average molecular weight is 342 g/mol. The van der Waals surface area contributed by atoms with E-state index in [0.29, 0.717) is 24.5 Å². The van der Waals surface area contributed by atoms with Gasteiger partial charge in [0.2, 0.25) is 0 Å². The predicted octanol–water partition coefficient (Wildman–Crippen LogP) is 3.26. The van der Waals surface area contributed by atoms with Crippen molar-refractivity contribution in [3.63, 3.8) is 0 Å². The Bertz CT molecular complexity index is 567. The standard InChI is InChI=1S/C17H24F2N2O3/c1-11-5-6-14(8-15(11)24-10-16(18)19)20-17(23)21-7-3-4-13(9-21)12(2)22/h5-6,8,12-13,16,22H,3-4,7,9-10H2,1-2H3,(H,20,23). The number of alkyl halides is 2. The van der Waals surface area contributed by atoms with Gasteiger partial charge in [0, 0.05) is 30.8 Å². The second kappa shape index (κ2) is 8.28.